The summed E-state index contributed by atoms with van der Waals surface area (Å²) in [5, 5.41) is 12.1. The number of ether oxygens (including phenoxy) is 5. The number of nitrogens with zero attached hydrogens (tertiary/aromatic N) is 1. The summed E-state index contributed by atoms with van der Waals surface area (Å²) in [6.07, 6.45) is 6.65. The minimum Gasteiger partial charge on any atom is -0.456 e. The van der Waals surface area contributed by atoms with Gasteiger partial charge in [0.25, 0.3) is 11.7 Å². The predicted molar refractivity (Wildman–Crippen MR) is 280 cm³/mol. The summed E-state index contributed by atoms with van der Waals surface area (Å²) in [5.74, 6) is -6.72. The van der Waals surface area contributed by atoms with E-state index in [0.717, 1.165) is 30.4 Å². The van der Waals surface area contributed by atoms with Crippen LogP contribution in [0.25, 0.3) is 0 Å². The second-order valence-corrected chi connectivity index (χ2v) is 34.4. The lowest BCUT2D eigenvalue weighted by atomic mass is 9.81. The molecule has 13 nitrogen and oxygen atoms in total. The maximum absolute atomic E-state index is 15.0. The van der Waals surface area contributed by atoms with Crippen LogP contribution in [0.4, 0.5) is 0 Å². The van der Waals surface area contributed by atoms with Gasteiger partial charge in [0.2, 0.25) is 5.79 Å². The molecule has 15 heteroatoms. The number of Topliss-reactive ketones (excluding diaryl/α,β-unsaturated/α-hetero) is 2. The van der Waals surface area contributed by atoms with E-state index < -0.39 is 88.5 Å². The second-order valence-electron chi connectivity index (χ2n) is 24.9. The first-order valence-corrected chi connectivity index (χ1v) is 32.5. The summed E-state index contributed by atoms with van der Waals surface area (Å²) in [6, 6.07) is -1.10. The highest BCUT2D eigenvalue weighted by molar-refractivity contribution is 6.74. The first kappa shape index (κ1) is 60.5. The number of cyclic esters (lactones) is 1. The Morgan fingerprint density at radius 2 is 1.37 bits per heavy atom. The summed E-state index contributed by atoms with van der Waals surface area (Å²) in [6.45, 7) is 34.2. The molecule has 70 heavy (non-hydrogen) atoms. The first-order valence-electron chi connectivity index (χ1n) is 26.6. The summed E-state index contributed by atoms with van der Waals surface area (Å²) in [5.41, 5.74) is 1.88. The summed E-state index contributed by atoms with van der Waals surface area (Å²) in [7, 11) is 0.260. The van der Waals surface area contributed by atoms with Gasteiger partial charge in [0.05, 0.1) is 30.5 Å². The van der Waals surface area contributed by atoms with Gasteiger partial charge in [0, 0.05) is 52.0 Å². The maximum Gasteiger partial charge on any atom is 0.329 e. The van der Waals surface area contributed by atoms with E-state index in [-0.39, 0.29) is 71.6 Å². The summed E-state index contributed by atoms with van der Waals surface area (Å²) < 4.78 is 45.4. The average Bonchev–Trinajstić information content (AvgIpc) is 3.27. The van der Waals surface area contributed by atoms with Crippen LogP contribution in [0.2, 0.25) is 36.3 Å². The van der Waals surface area contributed by atoms with Gasteiger partial charge in [-0.3, -0.25) is 14.4 Å². The van der Waals surface area contributed by atoms with E-state index >= 15 is 4.79 Å². The Bertz CT molecular complexity index is 1850. The molecule has 2 bridgehead atoms. The van der Waals surface area contributed by atoms with Gasteiger partial charge in [0.1, 0.15) is 24.0 Å². The number of hydrogen-bond acceptors (Lipinski definition) is 12. The van der Waals surface area contributed by atoms with Crippen LogP contribution >= 0.6 is 0 Å². The Kier molecular flexibility index (Phi) is 21.2. The molecule has 0 aromatic carbocycles. The van der Waals surface area contributed by atoms with E-state index in [1.807, 2.05) is 20.8 Å². The van der Waals surface area contributed by atoms with Crippen LogP contribution in [0.5, 0.6) is 0 Å². The lowest BCUT2D eigenvalue weighted by Gasteiger charge is -2.47. The molecule has 1 saturated carbocycles. The zero-order valence-electron chi connectivity index (χ0n) is 47.0. The molecule has 3 fully saturated rings. The van der Waals surface area contributed by atoms with Crippen LogP contribution in [0.3, 0.4) is 0 Å². The smallest absolute Gasteiger partial charge is 0.329 e. The lowest BCUT2D eigenvalue weighted by Crippen LogP contribution is -2.64. The number of ketones is 2. The minimum absolute atomic E-state index is 0.0335. The molecular formula is C55H97NO12Si2. The average molecular weight is 1020 g/mol. The lowest BCUT2D eigenvalue weighted by molar-refractivity contribution is -0.302. The van der Waals surface area contributed by atoms with Crippen LogP contribution in [-0.4, -0.2) is 133 Å². The fourth-order valence-corrected chi connectivity index (χ4v) is 13.5. The van der Waals surface area contributed by atoms with Gasteiger partial charge in [-0.15, -0.1) is 0 Å². The van der Waals surface area contributed by atoms with Crippen LogP contribution < -0.4 is 0 Å². The monoisotopic (exact) mass is 1020 g/mol. The van der Waals surface area contributed by atoms with Crippen LogP contribution in [-0.2, 0) is 51.7 Å². The maximum atomic E-state index is 15.0. The zero-order valence-corrected chi connectivity index (χ0v) is 49.0. The molecule has 0 aromatic rings. The van der Waals surface area contributed by atoms with Crippen molar-refractivity contribution in [3.8, 4) is 0 Å². The van der Waals surface area contributed by atoms with Crippen molar-refractivity contribution >= 4 is 40.1 Å². The van der Waals surface area contributed by atoms with E-state index in [9.17, 15) is 19.5 Å². The molecule has 2 saturated heterocycles. The number of methoxy groups -OCH3 is 3. The molecule has 3 aliphatic heterocycles. The van der Waals surface area contributed by atoms with Gasteiger partial charge in [-0.2, -0.15) is 0 Å². The third-order valence-electron chi connectivity index (χ3n) is 17.3. The van der Waals surface area contributed by atoms with Gasteiger partial charge in [-0.25, -0.2) is 4.79 Å². The number of rotatable bonds is 10. The number of carbonyl (C=O) groups excluding carboxylic acids is 4. The predicted octanol–water partition coefficient (Wildman–Crippen LogP) is 10.5. The second kappa shape index (κ2) is 24.5. The summed E-state index contributed by atoms with van der Waals surface area (Å²) in [4.78, 5) is 60.3. The molecule has 1 aliphatic carbocycles. The molecule has 2 unspecified atom stereocenters. The number of esters is 1. The van der Waals surface area contributed by atoms with E-state index in [0.29, 0.717) is 32.1 Å². The number of fused-ring (bicyclic) bond motifs is 3. The van der Waals surface area contributed by atoms with Gasteiger partial charge >= 0.3 is 5.97 Å². The Morgan fingerprint density at radius 3 is 1.93 bits per heavy atom. The third-order valence-corrected chi connectivity index (χ3v) is 26.4. The molecule has 1 N–H and O–H groups in total. The van der Waals surface area contributed by atoms with Crippen molar-refractivity contribution in [3.05, 3.63) is 23.3 Å². The highest BCUT2D eigenvalue weighted by Crippen LogP contribution is 2.44. The van der Waals surface area contributed by atoms with Gasteiger partial charge in [0.15, 0.2) is 16.6 Å². The first-order chi connectivity index (χ1) is 32.4. The van der Waals surface area contributed by atoms with Gasteiger partial charge in [-0.05, 0) is 132 Å². The molecule has 0 spiro atoms. The quantitative estimate of drug-likeness (QED) is 0.0958. The van der Waals surface area contributed by atoms with Crippen molar-refractivity contribution in [2.45, 2.75) is 245 Å². The Labute approximate surface area is 425 Å². The largest absolute Gasteiger partial charge is 0.456 e. The van der Waals surface area contributed by atoms with E-state index in [2.05, 4.69) is 93.7 Å². The SMILES string of the molecule is CC[C@@H]1/C=C(\C)C[C@H](C)CC(OC)[C@H]2O[C@@](O)(C(=O)C(=O)N3CCCC[C@H]3C(=O)O[C@H](/C(C)=C/C3CC[C@@H](O[Si](C)(C)C(C)(C)C)[C@H](OC)C3)[C@@H](C)[C@@H](O[Si](C)(C)C(C)(C)C)CC1=O)[C@H](C)C[C@@H]2OC. The van der Waals surface area contributed by atoms with Crippen molar-refractivity contribution in [3.63, 3.8) is 0 Å². The fourth-order valence-electron chi connectivity index (χ4n) is 10.8. The molecule has 4 rings (SSSR count). The molecule has 402 valence electrons. The number of piperidine rings is 1. The Hall–Kier alpha value is -2.09. The molecular weight excluding hydrogens is 923 g/mol. The van der Waals surface area contributed by atoms with Crippen LogP contribution in [0.1, 0.15) is 154 Å². The normalized spacial score (nSPS) is 36.7. The van der Waals surface area contributed by atoms with Crippen LogP contribution in [0.15, 0.2) is 23.3 Å². The third kappa shape index (κ3) is 14.4. The number of carbonyl (C=O) groups is 4. The van der Waals surface area contributed by atoms with Crippen LogP contribution in [0, 0.1) is 29.6 Å². The molecule has 1 amide bonds. The number of aliphatic hydroxyl groups is 1. The fraction of sp³-hybridized carbons (Fsp3) is 0.855. The molecule has 4 aliphatic rings. The molecule has 3 heterocycles. The van der Waals surface area contributed by atoms with Crippen molar-refractivity contribution in [2.75, 3.05) is 27.9 Å². The Balaban J connectivity index is 1.87. The Morgan fingerprint density at radius 1 is 0.800 bits per heavy atom. The van der Waals surface area contributed by atoms with Gasteiger partial charge in [-0.1, -0.05) is 87.0 Å². The highest BCUT2D eigenvalue weighted by Gasteiger charge is 2.57. The van der Waals surface area contributed by atoms with E-state index in [1.165, 1.54) is 4.90 Å². The van der Waals surface area contributed by atoms with Crippen molar-refractivity contribution < 1.29 is 56.8 Å². The topological polar surface area (TPSA) is 156 Å². The number of hydrogen-bond donors (Lipinski definition) is 1. The van der Waals surface area contributed by atoms with E-state index in [1.54, 1.807) is 28.3 Å². The zero-order chi connectivity index (χ0) is 52.9. The minimum atomic E-state index is -2.54. The highest BCUT2D eigenvalue weighted by atomic mass is 28.4. The number of amides is 1. The van der Waals surface area contributed by atoms with Crippen molar-refractivity contribution in [1.82, 2.24) is 4.90 Å². The van der Waals surface area contributed by atoms with Crippen molar-refractivity contribution in [1.29, 1.82) is 0 Å². The number of allylic oxidation sites excluding steroid dienone is 3. The van der Waals surface area contributed by atoms with E-state index in [4.69, 9.17) is 32.5 Å². The van der Waals surface area contributed by atoms with Gasteiger partial charge < -0.3 is 42.5 Å². The molecule has 0 radical (unpaired) electrons. The molecule has 14 atom stereocenters. The standard InChI is InChI=1S/C55H97NO12Si2/c1-20-40-28-34(2)27-35(3)29-46(63-14)49-47(64-15)31-37(5)55(61,66-49)50(58)51(59)56-26-22-21-23-41(56)52(60)65-48(38(6)44(33-42(40)57)68-70(18,19)54(10,11)12)36(4)30-39-24-25-43(45(32-39)62-13)67-69(16,17)53(7,8)9/h28,30,35,37-41,43-49,61H,20-27,29,31-33H2,1-19H3/b34-28+,36-30+/t35-,37+,38-,39?,40+,41-,43+,44-,45+,46?,47-,48+,49+,55+/m0/s1. The summed E-state index contributed by atoms with van der Waals surface area (Å²) >= 11 is 0. The van der Waals surface area contributed by atoms with Crippen molar-refractivity contribution in [2.24, 2.45) is 29.6 Å². The molecule has 0 aromatic heterocycles.